The number of rotatable bonds is 6. The van der Waals surface area contributed by atoms with Crippen LogP contribution < -0.4 is 20.1 Å². The van der Waals surface area contributed by atoms with E-state index in [9.17, 15) is 0 Å². The van der Waals surface area contributed by atoms with Gasteiger partial charge in [0.25, 0.3) is 0 Å². The van der Waals surface area contributed by atoms with Crippen molar-refractivity contribution in [3.63, 3.8) is 0 Å². The Morgan fingerprint density at radius 1 is 1.13 bits per heavy atom. The Balaban J connectivity index is 0.00000256. The van der Waals surface area contributed by atoms with Gasteiger partial charge in [0, 0.05) is 13.6 Å². The number of nitrogens with zero attached hydrogens (tertiary/aromatic N) is 2. The molecule has 4 rings (SSSR count). The van der Waals surface area contributed by atoms with Gasteiger partial charge < -0.3 is 24.5 Å². The van der Waals surface area contributed by atoms with E-state index in [4.69, 9.17) is 13.9 Å². The summed E-state index contributed by atoms with van der Waals surface area (Å²) in [6, 6.07) is 12.1. The lowest BCUT2D eigenvalue weighted by atomic mass is 10.2. The number of halogens is 1. The number of hydrogen-bond acceptors (Lipinski definition) is 5. The lowest BCUT2D eigenvalue weighted by Gasteiger charge is -2.28. The van der Waals surface area contributed by atoms with Gasteiger partial charge in [-0.3, -0.25) is 9.89 Å². The number of guanidine groups is 1. The molecule has 164 valence electrons. The summed E-state index contributed by atoms with van der Waals surface area (Å²) >= 11 is 0. The van der Waals surface area contributed by atoms with Gasteiger partial charge >= 0.3 is 0 Å². The van der Waals surface area contributed by atoms with Crippen LogP contribution in [-0.4, -0.2) is 56.8 Å². The molecule has 2 aromatic rings. The number of fused-ring (bicyclic) bond motifs is 1. The molecular formula is C22H31IN4O3. The van der Waals surface area contributed by atoms with E-state index in [1.165, 1.54) is 12.8 Å². The van der Waals surface area contributed by atoms with Gasteiger partial charge in [-0.15, -0.1) is 24.0 Å². The Hall–Kier alpha value is -1.94. The van der Waals surface area contributed by atoms with Crippen molar-refractivity contribution in [2.24, 2.45) is 4.99 Å². The Labute approximate surface area is 195 Å². The van der Waals surface area contributed by atoms with Crippen LogP contribution in [0.4, 0.5) is 0 Å². The number of furan rings is 1. The van der Waals surface area contributed by atoms with Crippen LogP contribution in [0, 0.1) is 6.92 Å². The monoisotopic (exact) mass is 526 g/mol. The number of para-hydroxylation sites is 2. The molecular weight excluding hydrogens is 495 g/mol. The lowest BCUT2D eigenvalue weighted by molar-refractivity contribution is 0.0935. The van der Waals surface area contributed by atoms with Crippen LogP contribution in [0.25, 0.3) is 0 Å². The number of likely N-dealkylation sites (tertiary alicyclic amines) is 1. The van der Waals surface area contributed by atoms with Gasteiger partial charge in [0.05, 0.1) is 12.6 Å². The highest BCUT2D eigenvalue weighted by Crippen LogP contribution is 2.30. The van der Waals surface area contributed by atoms with Gasteiger partial charge in [-0.2, -0.15) is 0 Å². The Kier molecular flexibility index (Phi) is 8.26. The van der Waals surface area contributed by atoms with E-state index < -0.39 is 0 Å². The van der Waals surface area contributed by atoms with E-state index in [0.717, 1.165) is 48.6 Å². The highest BCUT2D eigenvalue weighted by molar-refractivity contribution is 14.0. The van der Waals surface area contributed by atoms with Crippen LogP contribution in [0.3, 0.4) is 0 Å². The van der Waals surface area contributed by atoms with Crippen molar-refractivity contribution in [2.45, 2.75) is 31.9 Å². The number of ether oxygens (including phenoxy) is 2. The van der Waals surface area contributed by atoms with Gasteiger partial charge in [-0.1, -0.05) is 12.1 Å². The fourth-order valence-corrected chi connectivity index (χ4v) is 3.88. The molecule has 2 N–H and O–H groups in total. The predicted octanol–water partition coefficient (Wildman–Crippen LogP) is 3.35. The van der Waals surface area contributed by atoms with Crippen LogP contribution in [0.15, 0.2) is 45.8 Å². The minimum Gasteiger partial charge on any atom is -0.486 e. The van der Waals surface area contributed by atoms with Crippen molar-refractivity contribution < 1.29 is 13.9 Å². The summed E-state index contributed by atoms with van der Waals surface area (Å²) in [4.78, 5) is 6.84. The molecule has 0 aliphatic carbocycles. The molecule has 0 amide bonds. The maximum Gasteiger partial charge on any atom is 0.191 e. The first-order chi connectivity index (χ1) is 14.2. The molecule has 1 saturated heterocycles. The van der Waals surface area contributed by atoms with Crippen molar-refractivity contribution in [3.05, 3.63) is 47.9 Å². The molecule has 2 atom stereocenters. The van der Waals surface area contributed by atoms with Gasteiger partial charge in [0.1, 0.15) is 24.2 Å². The maximum absolute atomic E-state index is 6.01. The number of aliphatic imine (C=N–C) groups is 1. The average Bonchev–Trinajstić information content (AvgIpc) is 3.43. The first kappa shape index (κ1) is 22.7. The number of benzene rings is 1. The zero-order valence-corrected chi connectivity index (χ0v) is 19.9. The van der Waals surface area contributed by atoms with Crippen molar-refractivity contribution in [1.29, 1.82) is 0 Å². The van der Waals surface area contributed by atoms with Crippen LogP contribution >= 0.6 is 24.0 Å². The number of aryl methyl sites for hydroxylation is 1. The molecule has 0 spiro atoms. The first-order valence-corrected chi connectivity index (χ1v) is 10.4. The third-order valence-electron chi connectivity index (χ3n) is 5.42. The van der Waals surface area contributed by atoms with Crippen LogP contribution in [0.2, 0.25) is 0 Å². The smallest absolute Gasteiger partial charge is 0.191 e. The molecule has 2 aliphatic heterocycles. The van der Waals surface area contributed by atoms with Gasteiger partial charge in [0.15, 0.2) is 17.5 Å². The molecule has 30 heavy (non-hydrogen) atoms. The minimum absolute atomic E-state index is 0. The first-order valence-electron chi connectivity index (χ1n) is 10.4. The van der Waals surface area contributed by atoms with Crippen LogP contribution in [0.1, 0.15) is 30.4 Å². The third-order valence-corrected chi connectivity index (χ3v) is 5.42. The van der Waals surface area contributed by atoms with E-state index >= 15 is 0 Å². The molecule has 7 nitrogen and oxygen atoms in total. The average molecular weight is 526 g/mol. The van der Waals surface area contributed by atoms with E-state index in [2.05, 4.69) is 26.6 Å². The summed E-state index contributed by atoms with van der Waals surface area (Å²) in [5.74, 6) is 4.29. The number of hydrogen-bond donors (Lipinski definition) is 2. The van der Waals surface area contributed by atoms with Gasteiger partial charge in [-0.05, 0) is 57.1 Å². The van der Waals surface area contributed by atoms with Crippen molar-refractivity contribution in [1.82, 2.24) is 15.5 Å². The second kappa shape index (κ2) is 10.9. The molecule has 3 heterocycles. The van der Waals surface area contributed by atoms with Gasteiger partial charge in [-0.25, -0.2) is 0 Å². The summed E-state index contributed by atoms with van der Waals surface area (Å²) in [6.07, 6.45) is 2.42. The van der Waals surface area contributed by atoms with Crippen LogP contribution in [0.5, 0.6) is 11.5 Å². The fraction of sp³-hybridized carbons (Fsp3) is 0.500. The molecule has 2 unspecified atom stereocenters. The molecule has 0 saturated carbocycles. The van der Waals surface area contributed by atoms with Crippen molar-refractivity contribution in [2.75, 3.05) is 39.8 Å². The Morgan fingerprint density at radius 2 is 1.90 bits per heavy atom. The van der Waals surface area contributed by atoms with Crippen molar-refractivity contribution >= 4 is 29.9 Å². The summed E-state index contributed by atoms with van der Waals surface area (Å²) in [5.41, 5.74) is 0. The predicted molar refractivity (Wildman–Crippen MR) is 128 cm³/mol. The standard InChI is InChI=1S/C22H30N4O3.HI/c1-16-9-10-19(28-16)18(26-11-5-6-12-26)14-25-22(23-2)24-13-17-15-27-20-7-3-4-8-21(20)29-17;/h3-4,7-10,17-18H,5-6,11-15H2,1-2H3,(H2,23,24,25);1H. The second-order valence-electron chi connectivity index (χ2n) is 7.54. The van der Waals surface area contributed by atoms with Gasteiger partial charge in [0.2, 0.25) is 0 Å². The Morgan fingerprint density at radius 3 is 2.60 bits per heavy atom. The quantitative estimate of drug-likeness (QED) is 0.342. The van der Waals surface area contributed by atoms with E-state index in [1.54, 1.807) is 7.05 Å². The topological polar surface area (TPSA) is 71.3 Å². The molecule has 0 radical (unpaired) electrons. The lowest BCUT2D eigenvalue weighted by Crippen LogP contribution is -2.47. The largest absolute Gasteiger partial charge is 0.486 e. The third kappa shape index (κ3) is 5.60. The normalized spacial score (nSPS) is 19.8. The zero-order valence-electron chi connectivity index (χ0n) is 17.6. The summed E-state index contributed by atoms with van der Waals surface area (Å²) in [5, 5.41) is 6.81. The summed E-state index contributed by atoms with van der Waals surface area (Å²) in [7, 11) is 1.78. The fourth-order valence-electron chi connectivity index (χ4n) is 3.88. The van der Waals surface area contributed by atoms with E-state index in [-0.39, 0.29) is 36.1 Å². The maximum atomic E-state index is 6.01. The molecule has 1 aromatic carbocycles. The number of nitrogens with one attached hydrogen (secondary N) is 2. The van der Waals surface area contributed by atoms with E-state index in [1.807, 2.05) is 37.3 Å². The highest BCUT2D eigenvalue weighted by Gasteiger charge is 2.26. The highest BCUT2D eigenvalue weighted by atomic mass is 127. The molecule has 1 fully saturated rings. The molecule has 2 aliphatic rings. The molecule has 0 bridgehead atoms. The second-order valence-corrected chi connectivity index (χ2v) is 7.54. The zero-order chi connectivity index (χ0) is 20.1. The Bertz CT molecular complexity index is 835. The summed E-state index contributed by atoms with van der Waals surface area (Å²) in [6.45, 7) is 6.06. The SMILES string of the molecule is CN=C(NCC1COc2ccccc2O1)NCC(c1ccc(C)o1)N1CCCC1.I. The summed E-state index contributed by atoms with van der Waals surface area (Å²) < 4.78 is 17.7. The molecule has 1 aromatic heterocycles. The molecule has 8 heteroatoms. The van der Waals surface area contributed by atoms with Crippen LogP contribution in [-0.2, 0) is 0 Å². The van der Waals surface area contributed by atoms with E-state index in [0.29, 0.717) is 13.2 Å². The van der Waals surface area contributed by atoms with Crippen molar-refractivity contribution in [3.8, 4) is 11.5 Å². The minimum atomic E-state index is -0.0643.